The van der Waals surface area contributed by atoms with Gasteiger partial charge in [-0.1, -0.05) is 55.1 Å². The van der Waals surface area contributed by atoms with Gasteiger partial charge in [-0.2, -0.15) is 0 Å². The zero-order valence-electron chi connectivity index (χ0n) is 18.5. The molecule has 0 bridgehead atoms. The summed E-state index contributed by atoms with van der Waals surface area (Å²) in [6.45, 7) is 0. The van der Waals surface area contributed by atoms with E-state index in [1.807, 2.05) is 24.3 Å². The molecule has 0 fully saturated rings. The number of hydrogen-bond donors (Lipinski definition) is 2. The fourth-order valence-corrected chi connectivity index (χ4v) is 5.48. The first-order valence-corrected chi connectivity index (χ1v) is 14.0. The summed E-state index contributed by atoms with van der Waals surface area (Å²) in [7, 11) is 0. The molecule has 0 aliphatic rings. The Kier molecular flexibility index (Phi) is 13.4. The number of aliphatic imine (C=N–C) groups is 2. The second-order valence-electron chi connectivity index (χ2n) is 7.12. The maximum atomic E-state index is 9.86. The molecule has 4 nitrogen and oxygen atoms in total. The summed E-state index contributed by atoms with van der Waals surface area (Å²) >= 11 is 24.9. The van der Waals surface area contributed by atoms with E-state index in [1.165, 1.54) is 0 Å². The molecule has 1 radical (unpaired) electrons. The van der Waals surface area contributed by atoms with Gasteiger partial charge in [-0.3, -0.25) is 9.98 Å². The second kappa shape index (κ2) is 15.4. The van der Waals surface area contributed by atoms with Crippen LogP contribution in [0.2, 0.25) is 10.0 Å². The van der Waals surface area contributed by atoms with Crippen molar-refractivity contribution in [1.29, 1.82) is 0 Å². The summed E-state index contributed by atoms with van der Waals surface area (Å²) in [6.07, 6.45) is 3.21. The van der Waals surface area contributed by atoms with Crippen LogP contribution in [0.1, 0.15) is 11.1 Å². The van der Waals surface area contributed by atoms with Crippen LogP contribution >= 0.6 is 86.9 Å². The summed E-state index contributed by atoms with van der Waals surface area (Å²) in [4.78, 5) is 8.55. The van der Waals surface area contributed by atoms with Crippen LogP contribution in [0.15, 0.2) is 101 Å². The third kappa shape index (κ3) is 10.1. The maximum Gasteiger partial charge on any atom is 0.138 e. The van der Waals surface area contributed by atoms with Crippen molar-refractivity contribution in [3.63, 3.8) is 0 Å². The van der Waals surface area contributed by atoms with Gasteiger partial charge >= 0.3 is 0 Å². The Labute approximate surface area is 268 Å². The van der Waals surface area contributed by atoms with Gasteiger partial charge in [-0.15, -0.1) is 0 Å². The smallest absolute Gasteiger partial charge is 0.138 e. The molecular formula is C26H16Br4Cl2CoN2O2. The quantitative estimate of drug-likeness (QED) is 0.201. The van der Waals surface area contributed by atoms with Crippen LogP contribution in [0, 0.1) is 0 Å². The summed E-state index contributed by atoms with van der Waals surface area (Å²) in [5.41, 5.74) is 2.81. The van der Waals surface area contributed by atoms with Gasteiger partial charge in [0.15, 0.2) is 0 Å². The van der Waals surface area contributed by atoms with Crippen molar-refractivity contribution >= 4 is 111 Å². The number of hydrogen-bond acceptors (Lipinski definition) is 4. The number of nitrogens with zero attached hydrogens (tertiary/aromatic N) is 2. The molecule has 4 aromatic carbocycles. The summed E-state index contributed by atoms with van der Waals surface area (Å²) < 4.78 is 2.97. The Morgan fingerprint density at radius 1 is 0.568 bits per heavy atom. The molecule has 2 N–H and O–H groups in total. The first kappa shape index (κ1) is 32.0. The van der Waals surface area contributed by atoms with E-state index in [9.17, 15) is 10.2 Å². The minimum atomic E-state index is 0. The van der Waals surface area contributed by atoms with Gasteiger partial charge in [0.25, 0.3) is 0 Å². The molecule has 0 atom stereocenters. The van der Waals surface area contributed by atoms with E-state index in [2.05, 4.69) is 73.7 Å². The van der Waals surface area contributed by atoms with Gasteiger partial charge in [-0.25, -0.2) is 0 Å². The van der Waals surface area contributed by atoms with Gasteiger partial charge in [0, 0.05) is 59.3 Å². The predicted molar refractivity (Wildman–Crippen MR) is 164 cm³/mol. The average Bonchev–Trinajstić information content (AvgIpc) is 2.84. The average molecular weight is 838 g/mol. The molecule has 0 saturated heterocycles. The van der Waals surface area contributed by atoms with Crippen molar-refractivity contribution in [2.24, 2.45) is 9.98 Å². The molecule has 0 spiro atoms. The molecule has 0 saturated carbocycles. The monoisotopic (exact) mass is 833 g/mol. The number of phenolic OH excluding ortho intramolecular Hbond substituents is 2. The molecule has 0 aromatic heterocycles. The Bertz CT molecular complexity index is 1310. The van der Waals surface area contributed by atoms with E-state index < -0.39 is 0 Å². The summed E-state index contributed by atoms with van der Waals surface area (Å²) in [5, 5.41) is 21.1. The number of aromatic hydroxyl groups is 2. The van der Waals surface area contributed by atoms with E-state index >= 15 is 0 Å². The number of rotatable bonds is 4. The van der Waals surface area contributed by atoms with Crippen molar-refractivity contribution in [3.8, 4) is 11.5 Å². The van der Waals surface area contributed by atoms with Crippen molar-refractivity contribution in [3.05, 3.63) is 112 Å². The summed E-state index contributed by atoms with van der Waals surface area (Å²) in [6, 6.07) is 21.4. The Morgan fingerprint density at radius 3 is 1.22 bits per heavy atom. The largest absolute Gasteiger partial charge is 0.506 e. The molecule has 0 aliphatic carbocycles. The summed E-state index contributed by atoms with van der Waals surface area (Å²) in [5.74, 6) is 0.326. The van der Waals surface area contributed by atoms with Gasteiger partial charge in [0.05, 0.1) is 20.3 Å². The van der Waals surface area contributed by atoms with Crippen molar-refractivity contribution in [1.82, 2.24) is 0 Å². The Balaban J connectivity index is 0.000000253. The second-order valence-corrected chi connectivity index (χ2v) is 11.5. The van der Waals surface area contributed by atoms with E-state index in [1.54, 1.807) is 61.0 Å². The van der Waals surface area contributed by atoms with Crippen LogP contribution < -0.4 is 0 Å². The Hall–Kier alpha value is -1.17. The zero-order valence-corrected chi connectivity index (χ0v) is 27.4. The van der Waals surface area contributed by atoms with E-state index in [-0.39, 0.29) is 28.3 Å². The SMILES string of the molecule is Oc1c(Br)cc(Br)cc1C=Nc1ccc(Cl)cc1.Oc1c(Br)cc(Br)cc1C=Nc1ccc(Cl)cc1.[Co]. The molecular weight excluding hydrogens is 822 g/mol. The number of halogens is 6. The Morgan fingerprint density at radius 2 is 0.892 bits per heavy atom. The first-order valence-electron chi connectivity index (χ1n) is 10.1. The van der Waals surface area contributed by atoms with Crippen molar-refractivity contribution < 1.29 is 27.0 Å². The molecule has 0 unspecified atom stereocenters. The van der Waals surface area contributed by atoms with Crippen LogP contribution in [0.4, 0.5) is 11.4 Å². The minimum Gasteiger partial charge on any atom is -0.506 e. The maximum absolute atomic E-state index is 9.86. The van der Waals surface area contributed by atoms with Crippen LogP contribution in [0.5, 0.6) is 11.5 Å². The molecule has 37 heavy (non-hydrogen) atoms. The van der Waals surface area contributed by atoms with E-state index in [4.69, 9.17) is 23.2 Å². The first-order chi connectivity index (χ1) is 17.1. The van der Waals surface area contributed by atoms with Gasteiger partial charge in [-0.05, 0) is 105 Å². The number of phenols is 2. The number of benzene rings is 4. The predicted octanol–water partition coefficient (Wildman–Crippen LogP) is 10.6. The molecule has 0 heterocycles. The third-order valence-electron chi connectivity index (χ3n) is 4.47. The third-order valence-corrected chi connectivity index (χ3v) is 7.10. The zero-order chi connectivity index (χ0) is 26.2. The van der Waals surface area contributed by atoms with Crippen LogP contribution in [0.3, 0.4) is 0 Å². The van der Waals surface area contributed by atoms with E-state index in [0.29, 0.717) is 30.1 Å². The van der Waals surface area contributed by atoms with Crippen LogP contribution in [-0.4, -0.2) is 22.6 Å². The van der Waals surface area contributed by atoms with E-state index in [0.717, 1.165) is 20.3 Å². The topological polar surface area (TPSA) is 65.2 Å². The van der Waals surface area contributed by atoms with Gasteiger partial charge < -0.3 is 10.2 Å². The van der Waals surface area contributed by atoms with Crippen molar-refractivity contribution in [2.45, 2.75) is 0 Å². The molecule has 4 rings (SSSR count). The standard InChI is InChI=1S/2C13H8Br2ClNO.Co/c2*14-9-5-8(13(18)12(15)6-9)7-17-11-3-1-10(16)2-4-11;/h2*1-7,18H;. The molecule has 11 heteroatoms. The molecule has 0 aliphatic heterocycles. The van der Waals surface area contributed by atoms with Gasteiger partial charge in [0.1, 0.15) is 11.5 Å². The van der Waals surface area contributed by atoms with Crippen LogP contribution in [-0.2, 0) is 16.8 Å². The van der Waals surface area contributed by atoms with Gasteiger partial charge in [0.2, 0.25) is 0 Å². The van der Waals surface area contributed by atoms with Crippen molar-refractivity contribution in [2.75, 3.05) is 0 Å². The molecule has 0 amide bonds. The minimum absolute atomic E-state index is 0. The molecule has 193 valence electrons. The fraction of sp³-hybridized carbons (Fsp3) is 0. The molecule has 4 aromatic rings. The fourth-order valence-electron chi connectivity index (χ4n) is 2.71. The normalized spacial score (nSPS) is 10.8. The van der Waals surface area contributed by atoms with Crippen LogP contribution in [0.25, 0.3) is 0 Å².